The first kappa shape index (κ1) is 36.0. The molecule has 0 unspecified atom stereocenters. The van der Waals surface area contributed by atoms with Crippen LogP contribution in [0.3, 0.4) is 0 Å². The van der Waals surface area contributed by atoms with Crippen LogP contribution in [0, 0.1) is 0 Å². The lowest BCUT2D eigenvalue weighted by Gasteiger charge is -2.15. The van der Waals surface area contributed by atoms with Crippen molar-refractivity contribution < 1.29 is 0 Å². The number of hydrogen-bond donors (Lipinski definition) is 0. The first-order chi connectivity index (χ1) is 31.7. The van der Waals surface area contributed by atoms with Crippen LogP contribution in [0.4, 0.5) is 0 Å². The number of hydrogen-bond acceptors (Lipinski definition) is 3. The molecule has 0 spiro atoms. The third-order valence-corrected chi connectivity index (χ3v) is 12.8. The summed E-state index contributed by atoms with van der Waals surface area (Å²) in [6, 6.07) is 79.8. The van der Waals surface area contributed by atoms with Crippen molar-refractivity contribution in [2.24, 2.45) is 0 Å². The summed E-state index contributed by atoms with van der Waals surface area (Å²) in [5.41, 5.74) is 12.0. The molecular weight excluding hydrogens is 779 g/mol. The lowest BCUT2D eigenvalue weighted by atomic mass is 10.0. The van der Waals surface area contributed by atoms with Crippen molar-refractivity contribution in [3.8, 4) is 56.7 Å². The lowest BCUT2D eigenvalue weighted by Crippen LogP contribution is -2.02. The summed E-state index contributed by atoms with van der Waals surface area (Å²) >= 11 is 0. The number of rotatable bonds is 6. The molecule has 0 aliphatic carbocycles. The Labute approximate surface area is 368 Å². The van der Waals surface area contributed by atoms with E-state index >= 15 is 0 Å². The molecule has 0 aliphatic rings. The minimum absolute atomic E-state index is 0.627. The second-order valence-corrected chi connectivity index (χ2v) is 16.4. The van der Waals surface area contributed by atoms with Gasteiger partial charge in [0.15, 0.2) is 17.5 Å². The van der Waals surface area contributed by atoms with E-state index in [4.69, 9.17) is 15.0 Å². The molecule has 3 heterocycles. The Bertz CT molecular complexity index is 3930. The summed E-state index contributed by atoms with van der Waals surface area (Å²) < 4.78 is 4.90. The lowest BCUT2D eigenvalue weighted by molar-refractivity contribution is 1.08. The minimum Gasteiger partial charge on any atom is -0.309 e. The quantitative estimate of drug-likeness (QED) is 0.168. The zero-order valence-corrected chi connectivity index (χ0v) is 34.6. The highest BCUT2D eigenvalue weighted by Gasteiger charge is 2.22. The van der Waals surface area contributed by atoms with Crippen molar-refractivity contribution in [1.82, 2.24) is 24.1 Å². The van der Waals surface area contributed by atoms with E-state index in [1.54, 1.807) is 0 Å². The van der Waals surface area contributed by atoms with Gasteiger partial charge in [-0.2, -0.15) is 0 Å². The number of para-hydroxylation sites is 2. The van der Waals surface area contributed by atoms with Gasteiger partial charge in [-0.1, -0.05) is 182 Å². The molecule has 64 heavy (non-hydrogen) atoms. The Morgan fingerprint density at radius 1 is 0.281 bits per heavy atom. The maximum Gasteiger partial charge on any atom is 0.164 e. The molecule has 3 aromatic heterocycles. The largest absolute Gasteiger partial charge is 0.309 e. The normalized spacial score (nSPS) is 11.8. The maximum absolute atomic E-state index is 5.23. The van der Waals surface area contributed by atoms with E-state index in [-0.39, 0.29) is 0 Å². The Kier molecular flexibility index (Phi) is 8.15. The van der Waals surface area contributed by atoms with E-state index in [9.17, 15) is 0 Å². The van der Waals surface area contributed by atoms with Crippen molar-refractivity contribution in [2.45, 2.75) is 0 Å². The molecule has 10 aromatic carbocycles. The van der Waals surface area contributed by atoms with Crippen LogP contribution in [-0.4, -0.2) is 24.1 Å². The minimum atomic E-state index is 0.627. The van der Waals surface area contributed by atoms with Gasteiger partial charge in [0.25, 0.3) is 0 Å². The zero-order valence-electron chi connectivity index (χ0n) is 34.6. The standard InChI is InChI=1S/C59H37N5/c1-4-16-38(17-5-1)39-28-30-42(31-29-39)58-60-57(41-19-6-2-7-20-41)61-59(62-58)49-34-35-53(46-25-13-12-24-45(46)49)64-52-27-15-14-26-47(52)50-36-51-48-33-32-40-18-10-11-23-44(40)56(48)63(54(51)37-55(50)64)43-21-8-3-9-22-43/h1-37H. The van der Waals surface area contributed by atoms with Gasteiger partial charge < -0.3 is 9.13 Å². The van der Waals surface area contributed by atoms with Gasteiger partial charge in [0.1, 0.15) is 0 Å². The van der Waals surface area contributed by atoms with E-state index in [0.29, 0.717) is 17.5 Å². The fourth-order valence-corrected chi connectivity index (χ4v) is 9.80. The van der Waals surface area contributed by atoms with Crippen LogP contribution < -0.4 is 0 Å². The van der Waals surface area contributed by atoms with Crippen LogP contribution in [0.15, 0.2) is 224 Å². The first-order valence-electron chi connectivity index (χ1n) is 21.7. The van der Waals surface area contributed by atoms with Gasteiger partial charge in [0, 0.05) is 54.7 Å². The second kappa shape index (κ2) is 14.5. The van der Waals surface area contributed by atoms with Gasteiger partial charge in [-0.05, 0) is 64.4 Å². The highest BCUT2D eigenvalue weighted by molar-refractivity contribution is 6.23. The molecule has 13 aromatic rings. The monoisotopic (exact) mass is 815 g/mol. The molecule has 0 saturated carbocycles. The van der Waals surface area contributed by atoms with Crippen molar-refractivity contribution in [3.63, 3.8) is 0 Å². The predicted octanol–water partition coefficient (Wildman–Crippen LogP) is 15.0. The Balaban J connectivity index is 1.04. The van der Waals surface area contributed by atoms with E-state index in [1.165, 1.54) is 43.4 Å². The zero-order chi connectivity index (χ0) is 42.1. The number of nitrogens with zero attached hydrogens (tertiary/aromatic N) is 5. The van der Waals surface area contributed by atoms with Crippen molar-refractivity contribution in [2.75, 3.05) is 0 Å². The van der Waals surface area contributed by atoms with E-state index in [2.05, 4.69) is 209 Å². The second-order valence-electron chi connectivity index (χ2n) is 16.4. The van der Waals surface area contributed by atoms with Gasteiger partial charge in [0.05, 0.1) is 27.8 Å². The van der Waals surface area contributed by atoms with Crippen molar-refractivity contribution in [3.05, 3.63) is 224 Å². The molecule has 298 valence electrons. The van der Waals surface area contributed by atoms with Crippen molar-refractivity contribution >= 4 is 65.2 Å². The van der Waals surface area contributed by atoms with Crippen LogP contribution in [0.25, 0.3) is 122 Å². The summed E-state index contributed by atoms with van der Waals surface area (Å²) in [5, 5.41) is 9.52. The summed E-state index contributed by atoms with van der Waals surface area (Å²) in [5.74, 6) is 1.89. The number of fused-ring (bicyclic) bond motifs is 9. The molecule has 0 N–H and O–H groups in total. The molecule has 0 atom stereocenters. The third kappa shape index (κ3) is 5.68. The molecule has 0 radical (unpaired) electrons. The molecule has 0 fully saturated rings. The molecule has 0 saturated heterocycles. The molecular formula is C59H37N5. The molecule has 5 heteroatoms. The van der Waals surface area contributed by atoms with Crippen LogP contribution in [-0.2, 0) is 0 Å². The van der Waals surface area contributed by atoms with E-state index < -0.39 is 0 Å². The average Bonchev–Trinajstić information content (AvgIpc) is 3.88. The van der Waals surface area contributed by atoms with Gasteiger partial charge in [-0.25, -0.2) is 15.0 Å². The summed E-state index contributed by atoms with van der Waals surface area (Å²) in [7, 11) is 0. The first-order valence-corrected chi connectivity index (χ1v) is 21.7. The third-order valence-electron chi connectivity index (χ3n) is 12.8. The Morgan fingerprint density at radius 3 is 1.56 bits per heavy atom. The fraction of sp³-hybridized carbons (Fsp3) is 0. The van der Waals surface area contributed by atoms with Crippen LogP contribution in [0.5, 0.6) is 0 Å². The van der Waals surface area contributed by atoms with Crippen LogP contribution in [0.1, 0.15) is 0 Å². The number of benzene rings is 10. The summed E-state index contributed by atoms with van der Waals surface area (Å²) in [6.45, 7) is 0. The highest BCUT2D eigenvalue weighted by atomic mass is 15.0. The van der Waals surface area contributed by atoms with Gasteiger partial charge in [-0.15, -0.1) is 0 Å². The Hall–Kier alpha value is -8.67. The SMILES string of the molecule is c1ccc(-c2ccc(-c3nc(-c4ccccc4)nc(-c4ccc(-n5c6ccccc6c6cc7c8ccc9ccccc9c8n(-c8ccccc8)c7cc65)c5ccccc45)n3)cc2)cc1. The molecule has 5 nitrogen and oxygen atoms in total. The fourth-order valence-electron chi connectivity index (χ4n) is 9.80. The molecule has 0 amide bonds. The Morgan fingerprint density at radius 2 is 0.812 bits per heavy atom. The molecule has 0 bridgehead atoms. The van der Waals surface area contributed by atoms with E-state index in [0.717, 1.165) is 61.0 Å². The van der Waals surface area contributed by atoms with E-state index in [1.807, 2.05) is 24.3 Å². The van der Waals surface area contributed by atoms with Crippen LogP contribution >= 0.6 is 0 Å². The van der Waals surface area contributed by atoms with Gasteiger partial charge in [-0.3, -0.25) is 0 Å². The topological polar surface area (TPSA) is 48.5 Å². The summed E-state index contributed by atoms with van der Waals surface area (Å²) in [4.78, 5) is 15.5. The highest BCUT2D eigenvalue weighted by Crippen LogP contribution is 2.43. The van der Waals surface area contributed by atoms with Crippen LogP contribution in [0.2, 0.25) is 0 Å². The van der Waals surface area contributed by atoms with Gasteiger partial charge >= 0.3 is 0 Å². The average molecular weight is 816 g/mol. The van der Waals surface area contributed by atoms with Crippen molar-refractivity contribution in [1.29, 1.82) is 0 Å². The number of aromatic nitrogens is 5. The molecule has 0 aliphatic heterocycles. The predicted molar refractivity (Wildman–Crippen MR) is 265 cm³/mol. The smallest absolute Gasteiger partial charge is 0.164 e. The maximum atomic E-state index is 5.23. The summed E-state index contributed by atoms with van der Waals surface area (Å²) in [6.07, 6.45) is 0. The van der Waals surface area contributed by atoms with Gasteiger partial charge in [0.2, 0.25) is 0 Å². The molecule has 13 rings (SSSR count).